The topological polar surface area (TPSA) is 40.8 Å². The number of hydrogen-bond acceptors (Lipinski definition) is 2. The van der Waals surface area contributed by atoms with Crippen molar-refractivity contribution in [2.75, 3.05) is 0 Å². The van der Waals surface area contributed by atoms with E-state index in [2.05, 4.69) is 23.6 Å². The molecular weight excluding hydrogens is 210 g/mol. The second-order valence-corrected chi connectivity index (χ2v) is 4.10. The minimum Gasteiger partial charge on any atom is -0.357 e. The van der Waals surface area contributed by atoms with E-state index in [1.165, 1.54) is 11.1 Å². The molecule has 0 fully saturated rings. The van der Waals surface area contributed by atoms with E-state index in [-0.39, 0.29) is 0 Å². The quantitative estimate of drug-likeness (QED) is 0.866. The van der Waals surface area contributed by atoms with Crippen LogP contribution in [0.3, 0.4) is 0 Å². The zero-order valence-electron chi connectivity index (χ0n) is 9.85. The van der Waals surface area contributed by atoms with Crippen LogP contribution in [0.2, 0.25) is 0 Å². The van der Waals surface area contributed by atoms with Crippen molar-refractivity contribution in [3.8, 4) is 6.07 Å². The molecule has 3 nitrogen and oxygen atoms in total. The first-order valence-electron chi connectivity index (χ1n) is 5.58. The molecule has 0 amide bonds. The van der Waals surface area contributed by atoms with Crippen LogP contribution in [0.15, 0.2) is 42.7 Å². The minimum absolute atomic E-state index is 0.705. The zero-order valence-corrected chi connectivity index (χ0v) is 9.85. The molecule has 0 saturated carbocycles. The first-order valence-corrected chi connectivity index (χ1v) is 5.58. The molecule has 0 aliphatic heterocycles. The predicted octanol–water partition coefficient (Wildman–Crippen LogP) is 2.19. The third-order valence-electron chi connectivity index (χ3n) is 2.63. The van der Waals surface area contributed by atoms with Gasteiger partial charge in [0.2, 0.25) is 0 Å². The predicted molar refractivity (Wildman–Crippen MR) is 67.1 cm³/mol. The van der Waals surface area contributed by atoms with Crippen molar-refractivity contribution < 1.29 is 0 Å². The van der Waals surface area contributed by atoms with Crippen molar-refractivity contribution in [2.45, 2.75) is 13.1 Å². The van der Waals surface area contributed by atoms with Crippen molar-refractivity contribution in [1.29, 1.82) is 5.26 Å². The molecule has 1 heterocycles. The summed E-state index contributed by atoms with van der Waals surface area (Å²) in [5.74, 6) is 0. The Hall–Kier alpha value is -2.05. The maximum absolute atomic E-state index is 8.69. The summed E-state index contributed by atoms with van der Waals surface area (Å²) in [5, 5.41) is 12.1. The molecular formula is C14H15N3. The monoisotopic (exact) mass is 225 g/mol. The molecule has 0 radical (unpaired) electrons. The van der Waals surface area contributed by atoms with Gasteiger partial charge in [-0.3, -0.25) is 0 Å². The molecule has 1 aromatic heterocycles. The Morgan fingerprint density at radius 1 is 1.12 bits per heavy atom. The van der Waals surface area contributed by atoms with E-state index >= 15 is 0 Å². The van der Waals surface area contributed by atoms with Crippen LogP contribution in [-0.4, -0.2) is 4.57 Å². The lowest BCUT2D eigenvalue weighted by molar-refractivity contribution is 0.692. The molecule has 3 heteroatoms. The van der Waals surface area contributed by atoms with Gasteiger partial charge in [0.25, 0.3) is 0 Å². The van der Waals surface area contributed by atoms with Crippen LogP contribution in [0.1, 0.15) is 16.7 Å². The third-order valence-corrected chi connectivity index (χ3v) is 2.63. The molecule has 0 unspecified atom stereocenters. The fraction of sp³-hybridized carbons (Fsp3) is 0.214. The maximum Gasteiger partial charge on any atom is 0.0991 e. The van der Waals surface area contributed by atoms with E-state index < -0.39 is 0 Å². The first-order chi connectivity index (χ1) is 8.28. The largest absolute Gasteiger partial charge is 0.357 e. The molecule has 2 rings (SSSR count). The molecule has 2 aromatic rings. The summed E-state index contributed by atoms with van der Waals surface area (Å²) < 4.78 is 2.04. The van der Waals surface area contributed by atoms with E-state index in [9.17, 15) is 0 Å². The van der Waals surface area contributed by atoms with Crippen LogP contribution in [0, 0.1) is 11.3 Å². The third kappa shape index (κ3) is 3.20. The maximum atomic E-state index is 8.69. The number of rotatable bonds is 4. The molecule has 0 saturated heterocycles. The summed E-state index contributed by atoms with van der Waals surface area (Å²) >= 11 is 0. The van der Waals surface area contributed by atoms with Crippen LogP contribution in [0.4, 0.5) is 0 Å². The average molecular weight is 225 g/mol. The van der Waals surface area contributed by atoms with E-state index in [0.717, 1.165) is 13.1 Å². The molecule has 0 aliphatic carbocycles. The Balaban J connectivity index is 1.84. The van der Waals surface area contributed by atoms with Gasteiger partial charge in [0.1, 0.15) is 0 Å². The minimum atomic E-state index is 0.705. The van der Waals surface area contributed by atoms with E-state index in [0.29, 0.717) is 5.56 Å². The van der Waals surface area contributed by atoms with Gasteiger partial charge in [0.05, 0.1) is 11.6 Å². The smallest absolute Gasteiger partial charge is 0.0991 e. The molecule has 86 valence electrons. The lowest BCUT2D eigenvalue weighted by Crippen LogP contribution is -2.12. The Morgan fingerprint density at radius 2 is 1.82 bits per heavy atom. The zero-order chi connectivity index (χ0) is 12.1. The van der Waals surface area contributed by atoms with Gasteiger partial charge in [-0.15, -0.1) is 0 Å². The average Bonchev–Trinajstić information content (AvgIpc) is 2.76. The lowest BCUT2D eigenvalue weighted by Gasteiger charge is -2.03. The van der Waals surface area contributed by atoms with Gasteiger partial charge in [-0.2, -0.15) is 5.26 Å². The van der Waals surface area contributed by atoms with Crippen LogP contribution >= 0.6 is 0 Å². The molecule has 0 bridgehead atoms. The second-order valence-electron chi connectivity index (χ2n) is 4.10. The number of nitrogens with zero attached hydrogens (tertiary/aromatic N) is 2. The van der Waals surface area contributed by atoms with Gasteiger partial charge in [-0.25, -0.2) is 0 Å². The number of nitrogens with one attached hydrogen (secondary N) is 1. The molecule has 1 N–H and O–H groups in total. The fourth-order valence-electron chi connectivity index (χ4n) is 1.71. The van der Waals surface area contributed by atoms with E-state index in [1.54, 1.807) is 0 Å². The standard InChI is InChI=1S/C14H15N3/c1-17-7-6-14(11-17)10-16-9-13-4-2-12(8-15)3-5-13/h2-7,11,16H,9-10H2,1H3. The highest BCUT2D eigenvalue weighted by Crippen LogP contribution is 2.04. The summed E-state index contributed by atoms with van der Waals surface area (Å²) in [5.41, 5.74) is 3.18. The molecule has 0 spiro atoms. The highest BCUT2D eigenvalue weighted by Gasteiger charge is 1.96. The molecule has 17 heavy (non-hydrogen) atoms. The SMILES string of the molecule is Cn1ccc(CNCc2ccc(C#N)cc2)c1. The van der Waals surface area contributed by atoms with Crippen molar-refractivity contribution in [2.24, 2.45) is 7.05 Å². The lowest BCUT2D eigenvalue weighted by atomic mass is 10.1. The second kappa shape index (κ2) is 5.33. The Morgan fingerprint density at radius 3 is 2.41 bits per heavy atom. The molecule has 0 atom stereocenters. The van der Waals surface area contributed by atoms with Crippen LogP contribution < -0.4 is 5.32 Å². The fourth-order valence-corrected chi connectivity index (χ4v) is 1.71. The van der Waals surface area contributed by atoms with Gasteiger partial charge in [-0.1, -0.05) is 12.1 Å². The van der Waals surface area contributed by atoms with Gasteiger partial charge < -0.3 is 9.88 Å². The van der Waals surface area contributed by atoms with Crippen molar-refractivity contribution in [3.05, 3.63) is 59.4 Å². The number of aromatic nitrogens is 1. The Labute approximate surface area is 101 Å². The summed E-state index contributed by atoms with van der Waals surface area (Å²) in [6.45, 7) is 1.68. The normalized spacial score (nSPS) is 10.1. The first kappa shape index (κ1) is 11.4. The summed E-state index contributed by atoms with van der Waals surface area (Å²) in [7, 11) is 2.02. The van der Waals surface area contributed by atoms with Gasteiger partial charge in [-0.05, 0) is 29.3 Å². The Bertz CT molecular complexity index is 517. The van der Waals surface area contributed by atoms with E-state index in [4.69, 9.17) is 5.26 Å². The highest BCUT2D eigenvalue weighted by molar-refractivity contribution is 5.31. The molecule has 0 aliphatic rings. The van der Waals surface area contributed by atoms with Gasteiger partial charge in [0.15, 0.2) is 0 Å². The summed E-state index contributed by atoms with van der Waals surface area (Å²) in [6.07, 6.45) is 4.14. The number of benzene rings is 1. The number of hydrogen-bond donors (Lipinski definition) is 1. The summed E-state index contributed by atoms with van der Waals surface area (Å²) in [4.78, 5) is 0. The van der Waals surface area contributed by atoms with Gasteiger partial charge >= 0.3 is 0 Å². The molecule has 1 aromatic carbocycles. The Kier molecular flexibility index (Phi) is 3.59. The van der Waals surface area contributed by atoms with Crippen LogP contribution in [0.25, 0.3) is 0 Å². The number of aryl methyl sites for hydroxylation is 1. The van der Waals surface area contributed by atoms with E-state index in [1.807, 2.05) is 42.1 Å². The number of nitriles is 1. The van der Waals surface area contributed by atoms with Crippen molar-refractivity contribution >= 4 is 0 Å². The van der Waals surface area contributed by atoms with Crippen molar-refractivity contribution in [1.82, 2.24) is 9.88 Å². The van der Waals surface area contributed by atoms with Crippen molar-refractivity contribution in [3.63, 3.8) is 0 Å². The van der Waals surface area contributed by atoms with Crippen LogP contribution in [0.5, 0.6) is 0 Å². The van der Waals surface area contributed by atoms with Crippen LogP contribution in [-0.2, 0) is 20.1 Å². The van der Waals surface area contributed by atoms with Gasteiger partial charge in [0, 0.05) is 32.5 Å². The highest BCUT2D eigenvalue weighted by atomic mass is 14.9. The summed E-state index contributed by atoms with van der Waals surface area (Å²) in [6, 6.07) is 11.9.